The zero-order chi connectivity index (χ0) is 17.3. The molecule has 1 aromatic heterocycles. The summed E-state index contributed by atoms with van der Waals surface area (Å²) in [6.07, 6.45) is 0. The van der Waals surface area contributed by atoms with E-state index in [0.717, 1.165) is 34.3 Å². The van der Waals surface area contributed by atoms with Gasteiger partial charge in [-0.1, -0.05) is 41.9 Å². The quantitative estimate of drug-likeness (QED) is 0.663. The van der Waals surface area contributed by atoms with Crippen LogP contribution in [-0.4, -0.2) is 22.4 Å². The van der Waals surface area contributed by atoms with E-state index in [9.17, 15) is 4.79 Å². The summed E-state index contributed by atoms with van der Waals surface area (Å²) in [4.78, 5) is 14.8. The SMILES string of the molecule is CCn1c(C(=O)N(C)Cc2ccccc2)c(C)c2cc(Cl)ccc21. The second-order valence-electron chi connectivity index (χ2n) is 6.03. The Kier molecular flexibility index (Phi) is 4.63. The van der Waals surface area contributed by atoms with Crippen molar-refractivity contribution >= 4 is 28.4 Å². The molecule has 0 radical (unpaired) electrons. The van der Waals surface area contributed by atoms with Crippen LogP contribution in [0.5, 0.6) is 0 Å². The lowest BCUT2D eigenvalue weighted by molar-refractivity contribution is 0.0774. The first-order valence-electron chi connectivity index (χ1n) is 8.10. The molecule has 0 aliphatic rings. The van der Waals surface area contributed by atoms with Gasteiger partial charge in [-0.05, 0) is 43.2 Å². The fourth-order valence-electron chi connectivity index (χ4n) is 3.21. The number of nitrogens with zero attached hydrogens (tertiary/aromatic N) is 2. The van der Waals surface area contributed by atoms with Crippen molar-refractivity contribution in [2.24, 2.45) is 0 Å². The van der Waals surface area contributed by atoms with Crippen LogP contribution >= 0.6 is 11.6 Å². The number of rotatable bonds is 4. The Morgan fingerprint density at radius 3 is 2.54 bits per heavy atom. The summed E-state index contributed by atoms with van der Waals surface area (Å²) in [6, 6.07) is 15.8. The second-order valence-corrected chi connectivity index (χ2v) is 6.46. The summed E-state index contributed by atoms with van der Waals surface area (Å²) in [6.45, 7) is 5.38. The summed E-state index contributed by atoms with van der Waals surface area (Å²) < 4.78 is 2.07. The molecular formula is C20H21ClN2O. The Hall–Kier alpha value is -2.26. The van der Waals surface area contributed by atoms with E-state index in [4.69, 9.17) is 11.6 Å². The normalized spacial score (nSPS) is 11.0. The summed E-state index contributed by atoms with van der Waals surface area (Å²) in [5.41, 5.74) is 3.90. The Morgan fingerprint density at radius 1 is 1.17 bits per heavy atom. The lowest BCUT2D eigenvalue weighted by Crippen LogP contribution is -2.28. The van der Waals surface area contributed by atoms with Crippen molar-refractivity contribution in [1.82, 2.24) is 9.47 Å². The smallest absolute Gasteiger partial charge is 0.270 e. The predicted molar refractivity (Wildman–Crippen MR) is 99.6 cm³/mol. The van der Waals surface area contributed by atoms with Gasteiger partial charge in [0.2, 0.25) is 0 Å². The molecule has 24 heavy (non-hydrogen) atoms. The Labute approximate surface area is 147 Å². The molecule has 0 saturated heterocycles. The van der Waals surface area contributed by atoms with Gasteiger partial charge in [0.05, 0.1) is 0 Å². The van der Waals surface area contributed by atoms with Crippen molar-refractivity contribution in [1.29, 1.82) is 0 Å². The maximum Gasteiger partial charge on any atom is 0.270 e. The first kappa shape index (κ1) is 16.6. The molecule has 2 aromatic carbocycles. The maximum absolute atomic E-state index is 13.1. The Balaban J connectivity index is 2.01. The molecule has 0 N–H and O–H groups in total. The molecule has 0 spiro atoms. The van der Waals surface area contributed by atoms with E-state index in [1.54, 1.807) is 4.90 Å². The van der Waals surface area contributed by atoms with Crippen molar-refractivity contribution in [3.63, 3.8) is 0 Å². The van der Waals surface area contributed by atoms with Crippen LogP contribution in [0.25, 0.3) is 10.9 Å². The number of benzene rings is 2. The van der Waals surface area contributed by atoms with Crippen LogP contribution < -0.4 is 0 Å². The minimum absolute atomic E-state index is 0.0329. The number of carbonyl (C=O) groups is 1. The van der Waals surface area contributed by atoms with E-state index in [1.165, 1.54) is 0 Å². The standard InChI is InChI=1S/C20H21ClN2O/c1-4-23-18-11-10-16(21)12-17(18)14(2)19(23)20(24)22(3)13-15-8-6-5-7-9-15/h5-12H,4,13H2,1-3H3. The van der Waals surface area contributed by atoms with E-state index in [0.29, 0.717) is 11.6 Å². The summed E-state index contributed by atoms with van der Waals surface area (Å²) in [5, 5.41) is 1.73. The van der Waals surface area contributed by atoms with Crippen molar-refractivity contribution in [2.45, 2.75) is 26.9 Å². The van der Waals surface area contributed by atoms with E-state index in [2.05, 4.69) is 11.5 Å². The molecule has 3 rings (SSSR count). The molecule has 0 bridgehead atoms. The monoisotopic (exact) mass is 340 g/mol. The zero-order valence-electron chi connectivity index (χ0n) is 14.2. The molecule has 0 atom stereocenters. The first-order valence-corrected chi connectivity index (χ1v) is 8.48. The minimum atomic E-state index is 0.0329. The van der Waals surface area contributed by atoms with Crippen LogP contribution in [0.3, 0.4) is 0 Å². The van der Waals surface area contributed by atoms with Crippen molar-refractivity contribution < 1.29 is 4.79 Å². The molecule has 1 heterocycles. The van der Waals surface area contributed by atoms with Crippen LogP contribution in [-0.2, 0) is 13.1 Å². The highest BCUT2D eigenvalue weighted by atomic mass is 35.5. The van der Waals surface area contributed by atoms with Crippen LogP contribution in [0.4, 0.5) is 0 Å². The third-order valence-corrected chi connectivity index (χ3v) is 4.64. The van der Waals surface area contributed by atoms with Gasteiger partial charge in [-0.3, -0.25) is 4.79 Å². The van der Waals surface area contributed by atoms with Crippen LogP contribution in [0.1, 0.15) is 28.5 Å². The fourth-order valence-corrected chi connectivity index (χ4v) is 3.38. The summed E-state index contributed by atoms with van der Waals surface area (Å²) in [7, 11) is 1.85. The van der Waals surface area contributed by atoms with E-state index < -0.39 is 0 Å². The molecular weight excluding hydrogens is 320 g/mol. The van der Waals surface area contributed by atoms with Crippen molar-refractivity contribution in [3.05, 3.63) is 70.4 Å². The van der Waals surface area contributed by atoms with Crippen LogP contribution in [0.15, 0.2) is 48.5 Å². The van der Waals surface area contributed by atoms with Gasteiger partial charge >= 0.3 is 0 Å². The largest absolute Gasteiger partial charge is 0.337 e. The number of hydrogen-bond acceptors (Lipinski definition) is 1. The van der Waals surface area contributed by atoms with Crippen molar-refractivity contribution in [3.8, 4) is 0 Å². The number of hydrogen-bond donors (Lipinski definition) is 0. The number of aryl methyl sites for hydroxylation is 2. The molecule has 124 valence electrons. The van der Waals surface area contributed by atoms with Gasteiger partial charge in [0.1, 0.15) is 5.69 Å². The third-order valence-electron chi connectivity index (χ3n) is 4.41. The average molecular weight is 341 g/mol. The fraction of sp³-hybridized carbons (Fsp3) is 0.250. The van der Waals surface area contributed by atoms with E-state index in [1.807, 2.05) is 62.5 Å². The molecule has 0 aliphatic heterocycles. The van der Waals surface area contributed by atoms with Gasteiger partial charge in [0.15, 0.2) is 0 Å². The molecule has 1 amide bonds. The number of aromatic nitrogens is 1. The molecule has 0 unspecified atom stereocenters. The van der Waals surface area contributed by atoms with Crippen molar-refractivity contribution in [2.75, 3.05) is 7.05 Å². The third kappa shape index (κ3) is 2.92. The summed E-state index contributed by atoms with van der Waals surface area (Å²) in [5.74, 6) is 0.0329. The van der Waals surface area contributed by atoms with E-state index in [-0.39, 0.29) is 5.91 Å². The Bertz CT molecular complexity index is 884. The highest BCUT2D eigenvalue weighted by molar-refractivity contribution is 6.31. The van der Waals surface area contributed by atoms with Gasteiger partial charge in [-0.2, -0.15) is 0 Å². The molecule has 0 fully saturated rings. The molecule has 3 nitrogen and oxygen atoms in total. The highest BCUT2D eigenvalue weighted by Crippen LogP contribution is 2.29. The number of carbonyl (C=O) groups excluding carboxylic acids is 1. The Morgan fingerprint density at radius 2 is 1.88 bits per heavy atom. The number of fused-ring (bicyclic) bond motifs is 1. The highest BCUT2D eigenvalue weighted by Gasteiger charge is 2.22. The zero-order valence-corrected chi connectivity index (χ0v) is 15.0. The van der Waals surface area contributed by atoms with Crippen LogP contribution in [0, 0.1) is 6.92 Å². The lowest BCUT2D eigenvalue weighted by Gasteiger charge is -2.19. The molecule has 4 heteroatoms. The van der Waals surface area contributed by atoms with Gasteiger partial charge in [0, 0.05) is 36.1 Å². The minimum Gasteiger partial charge on any atom is -0.337 e. The summed E-state index contributed by atoms with van der Waals surface area (Å²) >= 11 is 6.14. The second kappa shape index (κ2) is 6.70. The lowest BCUT2D eigenvalue weighted by atomic mass is 10.1. The van der Waals surface area contributed by atoms with Gasteiger partial charge in [0.25, 0.3) is 5.91 Å². The number of halogens is 1. The average Bonchev–Trinajstić information content (AvgIpc) is 2.86. The molecule has 0 saturated carbocycles. The maximum atomic E-state index is 13.1. The predicted octanol–water partition coefficient (Wildman–Crippen LogP) is 4.90. The van der Waals surface area contributed by atoms with E-state index >= 15 is 0 Å². The molecule has 0 aliphatic carbocycles. The van der Waals surface area contributed by atoms with Gasteiger partial charge in [-0.25, -0.2) is 0 Å². The first-order chi connectivity index (χ1) is 11.5. The van der Waals surface area contributed by atoms with Gasteiger partial charge in [-0.15, -0.1) is 0 Å². The number of amides is 1. The topological polar surface area (TPSA) is 25.2 Å². The van der Waals surface area contributed by atoms with Gasteiger partial charge < -0.3 is 9.47 Å². The van der Waals surface area contributed by atoms with Crippen LogP contribution in [0.2, 0.25) is 5.02 Å². The molecule has 3 aromatic rings.